The van der Waals surface area contributed by atoms with Crippen LogP contribution < -0.4 is 38.1 Å². The minimum Gasteiger partial charge on any atom is -0.353 e. The van der Waals surface area contributed by atoms with Crippen molar-refractivity contribution in [2.75, 3.05) is 40.8 Å². The third kappa shape index (κ3) is 13.8. The van der Waals surface area contributed by atoms with Gasteiger partial charge in [0.15, 0.2) is 6.17 Å². The van der Waals surface area contributed by atoms with Gasteiger partial charge in [0.1, 0.15) is 18.1 Å². The highest BCUT2D eigenvalue weighted by Crippen LogP contribution is 2.28. The Labute approximate surface area is 303 Å². The molecule has 1 aliphatic rings. The molecule has 274 valence electrons. The molecule has 9 N–H and O–H groups in total. The zero-order chi connectivity index (χ0) is 36.7. The first-order chi connectivity index (χ1) is 23.8. The van der Waals surface area contributed by atoms with Crippen LogP contribution in [-0.2, 0) is 25.6 Å². The van der Waals surface area contributed by atoms with Crippen molar-refractivity contribution >= 4 is 45.5 Å². The number of amides is 5. The molecule has 0 bridgehead atoms. The number of carbonyl (C=O) groups excluding carboxylic acids is 5. The lowest BCUT2D eigenvalue weighted by molar-refractivity contribution is -0.870. The maximum atomic E-state index is 13.8. The van der Waals surface area contributed by atoms with E-state index >= 15 is 0 Å². The van der Waals surface area contributed by atoms with Gasteiger partial charge in [0.05, 0.1) is 27.7 Å². The van der Waals surface area contributed by atoms with Crippen LogP contribution in [0.25, 0.3) is 0 Å². The topological polar surface area (TPSA) is 198 Å². The number of benzene rings is 2. The summed E-state index contributed by atoms with van der Waals surface area (Å²) in [5.41, 5.74) is 12.9. The zero-order valence-corrected chi connectivity index (χ0v) is 31.0. The largest absolute Gasteiger partial charge is 0.353 e. The molecule has 0 aliphatic heterocycles. The van der Waals surface area contributed by atoms with Gasteiger partial charge in [-0.25, -0.2) is 0 Å². The summed E-state index contributed by atoms with van der Waals surface area (Å²) in [5.74, 6) is -2.85. The summed E-state index contributed by atoms with van der Waals surface area (Å²) in [4.78, 5) is 66.8. The van der Waals surface area contributed by atoms with E-state index in [1.165, 1.54) is 0 Å². The first-order valence-corrected chi connectivity index (χ1v) is 18.1. The average Bonchev–Trinajstić information content (AvgIpc) is 3.62. The molecule has 14 heteroatoms. The Hall–Kier alpha value is -3.85. The Morgan fingerprint density at radius 1 is 0.800 bits per heavy atom. The van der Waals surface area contributed by atoms with Gasteiger partial charge in [-0.15, -0.1) is 0 Å². The Morgan fingerprint density at radius 2 is 1.46 bits per heavy atom. The van der Waals surface area contributed by atoms with Crippen molar-refractivity contribution < 1.29 is 28.5 Å². The molecule has 3 rings (SSSR count). The molecule has 0 heterocycles. The second-order valence-corrected chi connectivity index (χ2v) is 14.8. The first-order valence-electron chi connectivity index (χ1n) is 17.3. The number of nitrogens with two attached hydrogens (primary N) is 2. The molecule has 1 saturated carbocycles. The zero-order valence-electron chi connectivity index (χ0n) is 29.4. The molecule has 4 atom stereocenters. The first kappa shape index (κ1) is 40.6. The lowest BCUT2D eigenvalue weighted by atomic mass is 9.96. The molecule has 13 nitrogen and oxygen atoms in total. The Bertz CT molecular complexity index is 1410. The summed E-state index contributed by atoms with van der Waals surface area (Å²) >= 11 is 3.35. The molecule has 5 amide bonds. The maximum Gasteiger partial charge on any atom is 0.258 e. The van der Waals surface area contributed by atoms with E-state index in [4.69, 9.17) is 11.5 Å². The van der Waals surface area contributed by atoms with E-state index in [9.17, 15) is 24.0 Å². The van der Waals surface area contributed by atoms with Crippen molar-refractivity contribution in [3.8, 4) is 0 Å². The highest BCUT2D eigenvalue weighted by Gasteiger charge is 2.36. The van der Waals surface area contributed by atoms with Crippen LogP contribution in [0.4, 0.5) is 0 Å². The van der Waals surface area contributed by atoms with E-state index < -0.39 is 47.9 Å². The molecule has 4 unspecified atom stereocenters. The van der Waals surface area contributed by atoms with Crippen LogP contribution in [0.5, 0.6) is 0 Å². The van der Waals surface area contributed by atoms with Crippen molar-refractivity contribution in [2.45, 2.75) is 75.7 Å². The van der Waals surface area contributed by atoms with Crippen LogP contribution in [0.3, 0.4) is 0 Å². The van der Waals surface area contributed by atoms with Crippen molar-refractivity contribution in [3.63, 3.8) is 0 Å². The molecule has 0 saturated heterocycles. The average molecular weight is 759 g/mol. The Morgan fingerprint density at radius 3 is 2.08 bits per heavy atom. The number of nitrogens with zero attached hydrogens (tertiary/aromatic N) is 1. The number of carbonyl (C=O) groups is 5. The van der Waals surface area contributed by atoms with Crippen LogP contribution in [0.15, 0.2) is 59.1 Å². The number of nitrogens with one attached hydrogen (secondary N) is 5. The monoisotopic (exact) mass is 757 g/mol. The number of halogens is 1. The minimum absolute atomic E-state index is 0.152. The van der Waals surface area contributed by atoms with Gasteiger partial charge in [-0.2, -0.15) is 0 Å². The van der Waals surface area contributed by atoms with Gasteiger partial charge >= 0.3 is 0 Å². The molecular weight excluding hydrogens is 704 g/mol. The summed E-state index contributed by atoms with van der Waals surface area (Å²) in [7, 11) is 6.29. The highest BCUT2D eigenvalue weighted by atomic mass is 79.9. The van der Waals surface area contributed by atoms with Crippen LogP contribution in [0.1, 0.15) is 60.9 Å². The van der Waals surface area contributed by atoms with Gasteiger partial charge in [-0.1, -0.05) is 59.1 Å². The van der Waals surface area contributed by atoms with Crippen LogP contribution in [0.2, 0.25) is 0 Å². The molecule has 0 aromatic heterocycles. The number of hydrogen-bond donors (Lipinski definition) is 7. The molecule has 1 aliphatic carbocycles. The predicted octanol–water partition coefficient (Wildman–Crippen LogP) is 1.30. The Balaban J connectivity index is 1.71. The van der Waals surface area contributed by atoms with Crippen LogP contribution in [0, 0.1) is 5.92 Å². The summed E-state index contributed by atoms with van der Waals surface area (Å²) in [6.45, 7) is 1.45. The van der Waals surface area contributed by atoms with Gasteiger partial charge in [0, 0.05) is 29.5 Å². The molecule has 1 fully saturated rings. The van der Waals surface area contributed by atoms with Crippen molar-refractivity contribution in [1.82, 2.24) is 26.6 Å². The van der Waals surface area contributed by atoms with Crippen molar-refractivity contribution in [2.24, 2.45) is 17.4 Å². The van der Waals surface area contributed by atoms with Crippen LogP contribution in [-0.4, -0.2) is 99.1 Å². The van der Waals surface area contributed by atoms with Crippen molar-refractivity contribution in [3.05, 3.63) is 70.2 Å². The normalized spacial score (nSPS) is 15.6. The number of hydrogen-bond acceptors (Lipinski definition) is 7. The third-order valence-corrected chi connectivity index (χ3v) is 9.22. The maximum absolute atomic E-state index is 13.8. The smallest absolute Gasteiger partial charge is 0.258 e. The summed E-state index contributed by atoms with van der Waals surface area (Å²) < 4.78 is 1.59. The molecule has 50 heavy (non-hydrogen) atoms. The minimum atomic E-state index is -1.51. The third-order valence-electron chi connectivity index (χ3n) is 8.69. The second kappa shape index (κ2) is 20.1. The summed E-state index contributed by atoms with van der Waals surface area (Å²) in [6, 6.07) is 13.0. The second-order valence-electron chi connectivity index (χ2n) is 13.9. The lowest BCUT2D eigenvalue weighted by Gasteiger charge is -2.28. The van der Waals surface area contributed by atoms with Gasteiger partial charge < -0.3 is 42.5 Å². The number of unbranched alkanes of at least 4 members (excludes halogenated alkanes) is 1. The van der Waals surface area contributed by atoms with Crippen molar-refractivity contribution in [1.29, 1.82) is 0 Å². The molecule has 0 spiro atoms. The van der Waals surface area contributed by atoms with Gasteiger partial charge in [-0.05, 0) is 67.9 Å². The van der Waals surface area contributed by atoms with Crippen LogP contribution >= 0.6 is 15.9 Å². The summed E-state index contributed by atoms with van der Waals surface area (Å²) in [5, 5.41) is 13.7. The highest BCUT2D eigenvalue weighted by molar-refractivity contribution is 9.10. The number of quaternary nitrogens is 1. The molecule has 0 radical (unpaired) electrons. The fourth-order valence-corrected chi connectivity index (χ4v) is 6.20. The van der Waals surface area contributed by atoms with Gasteiger partial charge in [0.25, 0.3) is 11.8 Å². The van der Waals surface area contributed by atoms with Gasteiger partial charge in [0.2, 0.25) is 17.7 Å². The van der Waals surface area contributed by atoms with E-state index in [-0.39, 0.29) is 31.3 Å². The fourth-order valence-electron chi connectivity index (χ4n) is 5.94. The Kier molecular flexibility index (Phi) is 16.3. The van der Waals surface area contributed by atoms with E-state index in [2.05, 4.69) is 63.7 Å². The van der Waals surface area contributed by atoms with E-state index in [1.807, 2.05) is 30.3 Å². The SMILES string of the molecule is C[N+](C)(C)CCCCC(NC(=O)C(NC(=O)C(N)NC(=O)C(Cc1ccccc1)NC(=O)c1ccc(Br)cc1)C1CCCC1)C(=O)NCCN. The standard InChI is InChI=1S/C36H53BrN8O5/c1-45(2,3)22-10-9-15-28(33(47)40-21-20-38)41-35(49)30(25-13-7-8-14-25)43-36(50)31(39)44-34(48)29(23-24-11-5-4-6-12-24)42-32(46)26-16-18-27(37)19-17-26/h4-6,11-12,16-19,25,28-31H,7-10,13-15,20-23,38-39H2,1-3H3,(H4-,40,41,42,43,44,46,47,48,49,50)/p+1. The molecule has 2 aromatic carbocycles. The molecule has 2 aromatic rings. The van der Waals surface area contributed by atoms with E-state index in [0.717, 1.165) is 59.6 Å². The van der Waals surface area contributed by atoms with E-state index in [0.29, 0.717) is 12.0 Å². The predicted molar refractivity (Wildman–Crippen MR) is 196 cm³/mol. The van der Waals surface area contributed by atoms with E-state index in [1.54, 1.807) is 24.3 Å². The lowest BCUT2D eigenvalue weighted by Crippen LogP contribution is -2.62. The van der Waals surface area contributed by atoms with Gasteiger partial charge in [-0.3, -0.25) is 24.0 Å². The fraction of sp³-hybridized carbons (Fsp3) is 0.528. The molecular formula is C36H54BrN8O5+. The quantitative estimate of drug-likeness (QED) is 0.0637. The summed E-state index contributed by atoms with van der Waals surface area (Å²) in [6.07, 6.45) is 3.89. The number of rotatable bonds is 19.